The van der Waals surface area contributed by atoms with Gasteiger partial charge in [0, 0.05) is 0 Å². The van der Waals surface area contributed by atoms with Gasteiger partial charge in [-0.15, -0.1) is 0 Å². The minimum absolute atomic E-state index is 0.0650. The number of hydrogen-bond donors (Lipinski definition) is 0. The zero-order valence-electron chi connectivity index (χ0n) is 10.7. The highest BCUT2D eigenvalue weighted by Crippen LogP contribution is 2.58. The Kier molecular flexibility index (Phi) is 1.69. The zero-order valence-corrected chi connectivity index (χ0v) is 10.7. The van der Waals surface area contributed by atoms with Gasteiger partial charge in [0.1, 0.15) is 0 Å². The Hall–Kier alpha value is -2.30. The molecule has 1 saturated carbocycles. The predicted octanol–water partition coefficient (Wildman–Crippen LogP) is 1.10. The lowest BCUT2D eigenvalue weighted by atomic mass is 9.96. The molecular weight excluding hydrogens is 254 g/mol. The van der Waals surface area contributed by atoms with Crippen LogP contribution < -0.4 is 11.4 Å². The van der Waals surface area contributed by atoms with E-state index in [1.807, 2.05) is 18.2 Å². The maximum atomic E-state index is 12.7. The second kappa shape index (κ2) is 3.23. The Morgan fingerprint density at radius 2 is 1.40 bits per heavy atom. The molecule has 1 fully saturated rings. The third-order valence-corrected chi connectivity index (χ3v) is 4.86. The second-order valence-electron chi connectivity index (χ2n) is 5.85. The van der Waals surface area contributed by atoms with Crippen molar-refractivity contribution in [1.29, 1.82) is 0 Å². The molecule has 2 aliphatic carbocycles. The van der Waals surface area contributed by atoms with Crippen LogP contribution in [0.15, 0.2) is 52.1 Å². The fourth-order valence-electron chi connectivity index (χ4n) is 3.87. The molecule has 0 spiro atoms. The van der Waals surface area contributed by atoms with Crippen molar-refractivity contribution in [2.75, 3.05) is 0 Å². The Morgan fingerprint density at radius 1 is 0.850 bits per heavy atom. The number of hydrogen-bond acceptors (Lipinski definition) is 2. The lowest BCUT2D eigenvalue weighted by Gasteiger charge is -2.32. The fraction of sp³-hybridized carbons (Fsp3) is 0.333. The van der Waals surface area contributed by atoms with E-state index in [0.29, 0.717) is 17.5 Å². The first-order chi connectivity index (χ1) is 9.77. The summed E-state index contributed by atoms with van der Waals surface area (Å²) in [6.45, 7) is 0. The molecule has 3 heterocycles. The Bertz CT molecular complexity index is 806. The van der Waals surface area contributed by atoms with Crippen LogP contribution in [0.2, 0.25) is 0 Å². The highest BCUT2D eigenvalue weighted by Gasteiger charge is 2.56. The summed E-state index contributed by atoms with van der Waals surface area (Å²) < 4.78 is 4.61. The minimum Gasteiger partial charge on any atom is -0.245 e. The van der Waals surface area contributed by atoms with Crippen LogP contribution in [0.3, 0.4) is 0 Å². The first-order valence-corrected chi connectivity index (χ1v) is 6.97. The van der Waals surface area contributed by atoms with Crippen LogP contribution in [0.25, 0.3) is 5.69 Å². The Labute approximate surface area is 114 Å². The van der Waals surface area contributed by atoms with Crippen molar-refractivity contribution < 1.29 is 0 Å². The maximum Gasteiger partial charge on any atom is 0.352 e. The van der Waals surface area contributed by atoms with E-state index in [2.05, 4.69) is 12.2 Å². The second-order valence-corrected chi connectivity index (χ2v) is 5.85. The predicted molar refractivity (Wildman–Crippen MR) is 73.1 cm³/mol. The summed E-state index contributed by atoms with van der Waals surface area (Å²) in [7, 11) is 0. The number of rotatable bonds is 1. The van der Waals surface area contributed by atoms with Gasteiger partial charge >= 0.3 is 11.4 Å². The fourth-order valence-corrected chi connectivity index (χ4v) is 3.87. The monoisotopic (exact) mass is 267 g/mol. The summed E-state index contributed by atoms with van der Waals surface area (Å²) in [5, 5.41) is 0. The quantitative estimate of drug-likeness (QED) is 0.727. The normalized spacial score (nSPS) is 32.0. The number of allylic oxidation sites excluding steroid dienone is 2. The lowest BCUT2D eigenvalue weighted by molar-refractivity contribution is 0.243. The number of aromatic nitrogens is 3. The van der Waals surface area contributed by atoms with E-state index in [4.69, 9.17) is 0 Å². The summed E-state index contributed by atoms with van der Waals surface area (Å²) in [6, 6.07) is 9.28. The van der Waals surface area contributed by atoms with E-state index in [-0.39, 0.29) is 23.5 Å². The van der Waals surface area contributed by atoms with Crippen molar-refractivity contribution >= 4 is 0 Å². The van der Waals surface area contributed by atoms with Crippen LogP contribution in [0.5, 0.6) is 0 Å². The van der Waals surface area contributed by atoms with Gasteiger partial charge < -0.3 is 0 Å². The van der Waals surface area contributed by atoms with E-state index >= 15 is 0 Å². The van der Waals surface area contributed by atoms with Crippen LogP contribution in [-0.2, 0) is 0 Å². The molecule has 0 amide bonds. The third-order valence-electron chi connectivity index (χ3n) is 4.86. The first-order valence-electron chi connectivity index (χ1n) is 6.97. The Morgan fingerprint density at radius 3 is 1.95 bits per heavy atom. The van der Waals surface area contributed by atoms with Crippen molar-refractivity contribution in [3.63, 3.8) is 0 Å². The van der Waals surface area contributed by atoms with Crippen LogP contribution >= 0.6 is 0 Å². The molecule has 5 heteroatoms. The molecule has 6 rings (SSSR count). The van der Waals surface area contributed by atoms with Crippen molar-refractivity contribution in [3.8, 4) is 5.69 Å². The third kappa shape index (κ3) is 1.06. The van der Waals surface area contributed by atoms with E-state index in [1.165, 1.54) is 4.57 Å². The maximum absolute atomic E-state index is 12.7. The van der Waals surface area contributed by atoms with Gasteiger partial charge in [0.15, 0.2) is 0 Å². The van der Waals surface area contributed by atoms with Gasteiger partial charge in [-0.2, -0.15) is 0 Å². The summed E-state index contributed by atoms with van der Waals surface area (Å²) >= 11 is 0. The molecule has 0 N–H and O–H groups in total. The molecule has 100 valence electrons. The molecule has 4 atom stereocenters. The summed E-state index contributed by atoms with van der Waals surface area (Å²) in [4.78, 5) is 25.3. The molecular formula is C15H13N3O2. The van der Waals surface area contributed by atoms with E-state index in [1.54, 1.807) is 21.5 Å². The lowest BCUT2D eigenvalue weighted by Crippen LogP contribution is -2.40. The van der Waals surface area contributed by atoms with Gasteiger partial charge in [-0.25, -0.2) is 23.5 Å². The molecule has 0 saturated heterocycles. The molecule has 20 heavy (non-hydrogen) atoms. The van der Waals surface area contributed by atoms with Crippen LogP contribution in [0.4, 0.5) is 0 Å². The SMILES string of the molecule is O=c1n(-c2ccccc2)c(=O)n2n1[C@@H]1C=C[C@@H]2[C@H]2C[C@@H]21. The smallest absolute Gasteiger partial charge is 0.245 e. The Balaban J connectivity index is 1.84. The number of para-hydroxylation sites is 1. The van der Waals surface area contributed by atoms with Gasteiger partial charge in [-0.3, -0.25) is 0 Å². The highest BCUT2D eigenvalue weighted by atomic mass is 16.2. The molecule has 5 nitrogen and oxygen atoms in total. The van der Waals surface area contributed by atoms with E-state index in [0.717, 1.165) is 6.42 Å². The topological polar surface area (TPSA) is 48.9 Å². The van der Waals surface area contributed by atoms with Crippen LogP contribution in [-0.4, -0.2) is 13.9 Å². The molecule has 2 aromatic rings. The summed E-state index contributed by atoms with van der Waals surface area (Å²) in [5.74, 6) is 1.10. The summed E-state index contributed by atoms with van der Waals surface area (Å²) in [6.07, 6.45) is 5.31. The molecule has 2 bridgehead atoms. The van der Waals surface area contributed by atoms with Gasteiger partial charge in [0.2, 0.25) is 0 Å². The average molecular weight is 267 g/mol. The minimum atomic E-state index is -0.217. The van der Waals surface area contributed by atoms with Gasteiger partial charge in [-0.05, 0) is 30.4 Å². The van der Waals surface area contributed by atoms with Crippen molar-refractivity contribution in [1.82, 2.24) is 13.9 Å². The first kappa shape index (κ1) is 10.5. The van der Waals surface area contributed by atoms with Gasteiger partial charge in [0.05, 0.1) is 17.8 Å². The van der Waals surface area contributed by atoms with Gasteiger partial charge in [0.25, 0.3) is 0 Å². The zero-order chi connectivity index (χ0) is 13.4. The number of benzene rings is 1. The van der Waals surface area contributed by atoms with Crippen molar-refractivity contribution in [2.45, 2.75) is 18.5 Å². The molecule has 0 radical (unpaired) electrons. The van der Waals surface area contributed by atoms with Crippen LogP contribution in [0, 0.1) is 11.8 Å². The molecule has 0 unspecified atom stereocenters. The molecule has 1 aromatic heterocycles. The standard InChI is InChI=1S/C15H13N3O2/c19-14-16(9-4-2-1-3-5-9)15(20)18-13-7-6-12(17(14)18)10-8-11(10)13/h1-7,10-13H,8H2/t10-,11-,12+,13+/m0/s1. The molecule has 1 aromatic carbocycles. The largest absolute Gasteiger partial charge is 0.352 e. The van der Waals surface area contributed by atoms with Crippen LogP contribution in [0.1, 0.15) is 18.5 Å². The highest BCUT2D eigenvalue weighted by molar-refractivity contribution is 5.31. The van der Waals surface area contributed by atoms with Crippen molar-refractivity contribution in [3.05, 3.63) is 63.5 Å². The molecule has 2 aliphatic heterocycles. The van der Waals surface area contributed by atoms with E-state index < -0.39 is 0 Å². The average Bonchev–Trinajstić information content (AvgIpc) is 3.25. The van der Waals surface area contributed by atoms with Crippen molar-refractivity contribution in [2.24, 2.45) is 11.8 Å². The van der Waals surface area contributed by atoms with Gasteiger partial charge in [-0.1, -0.05) is 30.4 Å². The van der Waals surface area contributed by atoms with E-state index in [9.17, 15) is 9.59 Å². The number of nitrogens with zero attached hydrogens (tertiary/aromatic N) is 3. The summed E-state index contributed by atoms with van der Waals surface area (Å²) in [5.41, 5.74) is 0.210. The molecule has 4 aliphatic rings.